The van der Waals surface area contributed by atoms with Gasteiger partial charge in [0.25, 0.3) is 0 Å². The second kappa shape index (κ2) is 5.61. The lowest BCUT2D eigenvalue weighted by Crippen LogP contribution is -2.33. The third kappa shape index (κ3) is 3.00. The summed E-state index contributed by atoms with van der Waals surface area (Å²) in [5, 5.41) is 8.50. The van der Waals surface area contributed by atoms with Crippen molar-refractivity contribution in [3.8, 4) is 6.07 Å². The van der Waals surface area contributed by atoms with E-state index in [2.05, 4.69) is 0 Å². The normalized spacial score (nSPS) is 20.4. The Kier molecular flexibility index (Phi) is 4.41. The van der Waals surface area contributed by atoms with E-state index in [0.717, 1.165) is 19.4 Å². The van der Waals surface area contributed by atoms with Crippen molar-refractivity contribution in [2.75, 3.05) is 19.7 Å². The van der Waals surface area contributed by atoms with Crippen LogP contribution in [-0.2, 0) is 9.53 Å². The van der Waals surface area contributed by atoms with Crippen LogP contribution >= 0.6 is 0 Å². The van der Waals surface area contributed by atoms with E-state index in [-0.39, 0.29) is 18.6 Å². The summed E-state index contributed by atoms with van der Waals surface area (Å²) in [6.45, 7) is 3.42. The Morgan fingerprint density at radius 3 is 3.00 bits per heavy atom. The van der Waals surface area contributed by atoms with Crippen LogP contribution in [0.1, 0.15) is 26.2 Å². The second-order valence-electron chi connectivity index (χ2n) is 3.41. The molecule has 0 spiro atoms. The molecule has 78 valence electrons. The van der Waals surface area contributed by atoms with Gasteiger partial charge in [-0.2, -0.15) is 5.26 Å². The number of rotatable bonds is 4. The average molecular weight is 196 g/mol. The molecule has 1 rings (SSSR count). The summed E-state index contributed by atoms with van der Waals surface area (Å²) in [6, 6.07) is 1.99. The molecule has 0 radical (unpaired) electrons. The van der Waals surface area contributed by atoms with Crippen molar-refractivity contribution >= 4 is 5.91 Å². The highest BCUT2D eigenvalue weighted by atomic mass is 16.5. The Morgan fingerprint density at radius 2 is 2.50 bits per heavy atom. The van der Waals surface area contributed by atoms with E-state index in [1.54, 1.807) is 4.90 Å². The summed E-state index contributed by atoms with van der Waals surface area (Å²) in [5.41, 5.74) is 0. The van der Waals surface area contributed by atoms with Crippen molar-refractivity contribution in [1.82, 2.24) is 4.90 Å². The van der Waals surface area contributed by atoms with Gasteiger partial charge in [-0.15, -0.1) is 0 Å². The Morgan fingerprint density at radius 1 is 1.71 bits per heavy atom. The number of hydrogen-bond donors (Lipinski definition) is 0. The van der Waals surface area contributed by atoms with Crippen LogP contribution in [0.15, 0.2) is 0 Å². The fraction of sp³-hybridized carbons (Fsp3) is 0.800. The number of carbonyl (C=O) groups is 1. The highest BCUT2D eigenvalue weighted by Crippen LogP contribution is 2.16. The van der Waals surface area contributed by atoms with Gasteiger partial charge < -0.3 is 9.64 Å². The first-order chi connectivity index (χ1) is 6.77. The van der Waals surface area contributed by atoms with Crippen LogP contribution in [0.25, 0.3) is 0 Å². The molecule has 0 aromatic heterocycles. The zero-order chi connectivity index (χ0) is 10.4. The molecule has 1 aliphatic heterocycles. The van der Waals surface area contributed by atoms with Crippen molar-refractivity contribution < 1.29 is 9.53 Å². The topological polar surface area (TPSA) is 53.3 Å². The van der Waals surface area contributed by atoms with Crippen LogP contribution in [0, 0.1) is 11.3 Å². The van der Waals surface area contributed by atoms with Crippen LogP contribution in [0.5, 0.6) is 0 Å². The molecule has 0 bridgehead atoms. The molecule has 1 atom stereocenters. The van der Waals surface area contributed by atoms with Gasteiger partial charge in [0.2, 0.25) is 5.91 Å². The van der Waals surface area contributed by atoms with Gasteiger partial charge in [0.1, 0.15) is 6.54 Å². The lowest BCUT2D eigenvalue weighted by atomic mass is 10.1. The molecule has 0 aromatic rings. The molecular formula is C10H16N2O2. The van der Waals surface area contributed by atoms with E-state index < -0.39 is 0 Å². The molecular weight excluding hydrogens is 180 g/mol. The number of nitrogens with zero attached hydrogens (tertiary/aromatic N) is 2. The van der Waals surface area contributed by atoms with E-state index in [1.165, 1.54) is 0 Å². The molecule has 1 amide bonds. The van der Waals surface area contributed by atoms with Gasteiger partial charge in [0, 0.05) is 13.2 Å². The van der Waals surface area contributed by atoms with Gasteiger partial charge >= 0.3 is 0 Å². The minimum absolute atomic E-state index is 0.0287. The Labute approximate surface area is 84.4 Å². The summed E-state index contributed by atoms with van der Waals surface area (Å²) < 4.78 is 5.37. The van der Waals surface area contributed by atoms with Crippen LogP contribution < -0.4 is 0 Å². The first-order valence-electron chi connectivity index (χ1n) is 5.04. The molecule has 4 heteroatoms. The first kappa shape index (κ1) is 11.0. The van der Waals surface area contributed by atoms with Crippen molar-refractivity contribution in [3.63, 3.8) is 0 Å². The molecule has 1 saturated heterocycles. The molecule has 1 heterocycles. The zero-order valence-corrected chi connectivity index (χ0v) is 8.53. The summed E-state index contributed by atoms with van der Waals surface area (Å²) in [5.74, 6) is 0.0287. The Hall–Kier alpha value is -1.08. The van der Waals surface area contributed by atoms with Crippen LogP contribution in [0.4, 0.5) is 0 Å². The highest BCUT2D eigenvalue weighted by molar-refractivity contribution is 5.76. The molecule has 1 aliphatic rings. The van der Waals surface area contributed by atoms with Crippen molar-refractivity contribution in [1.29, 1.82) is 5.26 Å². The molecule has 4 nitrogen and oxygen atoms in total. The standard InChI is InChI=1S/C10H16N2O2/c1-2-12(6-5-11)10(13)8-9-4-3-7-14-9/h9H,2-4,6-8H2,1H3. The number of nitriles is 1. The van der Waals surface area contributed by atoms with E-state index >= 15 is 0 Å². The summed E-state index contributed by atoms with van der Waals surface area (Å²) in [4.78, 5) is 13.2. The van der Waals surface area contributed by atoms with Gasteiger partial charge in [-0.05, 0) is 19.8 Å². The maximum Gasteiger partial charge on any atom is 0.226 e. The quantitative estimate of drug-likeness (QED) is 0.628. The van der Waals surface area contributed by atoms with Crippen molar-refractivity contribution in [3.05, 3.63) is 0 Å². The van der Waals surface area contributed by atoms with Crippen LogP contribution in [0.2, 0.25) is 0 Å². The number of ether oxygens (including phenoxy) is 1. The highest BCUT2D eigenvalue weighted by Gasteiger charge is 2.21. The zero-order valence-electron chi connectivity index (χ0n) is 8.53. The fourth-order valence-electron chi connectivity index (χ4n) is 1.59. The van der Waals surface area contributed by atoms with E-state index in [0.29, 0.717) is 13.0 Å². The first-order valence-corrected chi connectivity index (χ1v) is 5.04. The van der Waals surface area contributed by atoms with Gasteiger partial charge in [-0.1, -0.05) is 0 Å². The van der Waals surface area contributed by atoms with Crippen LogP contribution in [-0.4, -0.2) is 36.6 Å². The van der Waals surface area contributed by atoms with Gasteiger partial charge in [0.15, 0.2) is 0 Å². The monoisotopic (exact) mass is 196 g/mol. The molecule has 0 aromatic carbocycles. The van der Waals surface area contributed by atoms with Gasteiger partial charge in [-0.3, -0.25) is 4.79 Å². The Bertz CT molecular complexity index is 229. The number of carbonyl (C=O) groups excluding carboxylic acids is 1. The van der Waals surface area contributed by atoms with Crippen molar-refractivity contribution in [2.24, 2.45) is 0 Å². The number of hydrogen-bond acceptors (Lipinski definition) is 3. The third-order valence-corrected chi connectivity index (χ3v) is 2.42. The van der Waals surface area contributed by atoms with Gasteiger partial charge in [0.05, 0.1) is 18.6 Å². The second-order valence-corrected chi connectivity index (χ2v) is 3.41. The molecule has 0 aliphatic carbocycles. The SMILES string of the molecule is CCN(CC#N)C(=O)CC1CCCO1. The minimum atomic E-state index is 0.0287. The van der Waals surface area contributed by atoms with Gasteiger partial charge in [-0.25, -0.2) is 0 Å². The van der Waals surface area contributed by atoms with E-state index in [9.17, 15) is 4.79 Å². The van der Waals surface area contributed by atoms with E-state index in [1.807, 2.05) is 13.0 Å². The molecule has 1 unspecified atom stereocenters. The summed E-state index contributed by atoms with van der Waals surface area (Å²) in [7, 11) is 0. The predicted molar refractivity (Wildman–Crippen MR) is 51.5 cm³/mol. The maximum atomic E-state index is 11.6. The van der Waals surface area contributed by atoms with E-state index in [4.69, 9.17) is 10.00 Å². The largest absolute Gasteiger partial charge is 0.378 e. The maximum absolute atomic E-state index is 11.6. The molecule has 0 N–H and O–H groups in total. The Balaban J connectivity index is 2.35. The average Bonchev–Trinajstić information content (AvgIpc) is 2.66. The lowest BCUT2D eigenvalue weighted by Gasteiger charge is -2.19. The minimum Gasteiger partial charge on any atom is -0.378 e. The fourth-order valence-corrected chi connectivity index (χ4v) is 1.59. The lowest BCUT2D eigenvalue weighted by molar-refractivity contribution is -0.132. The number of amides is 1. The van der Waals surface area contributed by atoms with Crippen molar-refractivity contribution in [2.45, 2.75) is 32.3 Å². The molecule has 0 saturated carbocycles. The van der Waals surface area contributed by atoms with Crippen LogP contribution in [0.3, 0.4) is 0 Å². The summed E-state index contributed by atoms with van der Waals surface area (Å²) >= 11 is 0. The summed E-state index contributed by atoms with van der Waals surface area (Å²) in [6.07, 6.45) is 2.52. The smallest absolute Gasteiger partial charge is 0.226 e. The predicted octanol–water partition coefficient (Wildman–Crippen LogP) is 0.928. The molecule has 1 fully saturated rings. The molecule has 14 heavy (non-hydrogen) atoms. The third-order valence-electron chi connectivity index (χ3n) is 2.42.